The fourth-order valence-corrected chi connectivity index (χ4v) is 3.00. The number of aromatic nitrogens is 1. The van der Waals surface area contributed by atoms with Gasteiger partial charge >= 0.3 is 0 Å². The summed E-state index contributed by atoms with van der Waals surface area (Å²) in [5.74, 6) is 0.900. The van der Waals surface area contributed by atoms with Gasteiger partial charge in [-0.1, -0.05) is 12.1 Å². The molecule has 1 aliphatic heterocycles. The minimum absolute atomic E-state index is 0.0399. The number of hydrogen-bond acceptors (Lipinski definition) is 4. The lowest BCUT2D eigenvalue weighted by molar-refractivity contribution is -0.115. The first-order chi connectivity index (χ1) is 10.0. The number of carbonyl (C=O) groups excluding carboxylic acids is 1. The zero-order valence-electron chi connectivity index (χ0n) is 12.2. The van der Waals surface area contributed by atoms with Gasteiger partial charge in [0.2, 0.25) is 5.91 Å². The van der Waals surface area contributed by atoms with Crippen molar-refractivity contribution in [1.82, 2.24) is 4.98 Å². The van der Waals surface area contributed by atoms with Crippen molar-refractivity contribution in [2.45, 2.75) is 38.7 Å². The summed E-state index contributed by atoms with van der Waals surface area (Å²) < 4.78 is 5.96. The van der Waals surface area contributed by atoms with Gasteiger partial charge < -0.3 is 10.1 Å². The van der Waals surface area contributed by atoms with Crippen LogP contribution in [0.1, 0.15) is 31.4 Å². The Morgan fingerprint density at radius 1 is 1.48 bits per heavy atom. The Balaban J connectivity index is 1.68. The first-order valence-electron chi connectivity index (χ1n) is 7.02. The van der Waals surface area contributed by atoms with E-state index in [1.54, 1.807) is 6.20 Å². The van der Waals surface area contributed by atoms with Gasteiger partial charge in [-0.05, 0) is 43.9 Å². The Morgan fingerprint density at radius 3 is 3.10 bits per heavy atom. The Morgan fingerprint density at radius 2 is 2.33 bits per heavy atom. The second-order valence-corrected chi connectivity index (χ2v) is 6.76. The van der Waals surface area contributed by atoms with E-state index in [2.05, 4.69) is 30.2 Å². The molecule has 3 rings (SSSR count). The van der Waals surface area contributed by atoms with E-state index in [0.29, 0.717) is 11.6 Å². The van der Waals surface area contributed by atoms with E-state index in [9.17, 15) is 4.79 Å². The van der Waals surface area contributed by atoms with Gasteiger partial charge in [0.15, 0.2) is 5.13 Å². The van der Waals surface area contributed by atoms with Gasteiger partial charge in [-0.3, -0.25) is 4.79 Å². The second kappa shape index (κ2) is 5.48. The van der Waals surface area contributed by atoms with Crippen LogP contribution in [0.5, 0.6) is 5.75 Å². The van der Waals surface area contributed by atoms with E-state index < -0.39 is 0 Å². The zero-order chi connectivity index (χ0) is 14.9. The molecule has 4 nitrogen and oxygen atoms in total. The lowest BCUT2D eigenvalue weighted by Gasteiger charge is -2.32. The van der Waals surface area contributed by atoms with Gasteiger partial charge in [-0.15, -0.1) is 11.3 Å². The predicted molar refractivity (Wildman–Crippen MR) is 83.9 cm³/mol. The Labute approximate surface area is 128 Å². The highest BCUT2D eigenvalue weighted by atomic mass is 32.1. The smallest absolute Gasteiger partial charge is 0.230 e. The predicted octanol–water partition coefficient (Wildman–Crippen LogP) is 3.43. The highest BCUT2D eigenvalue weighted by Crippen LogP contribution is 2.33. The molecule has 0 atom stereocenters. The zero-order valence-corrected chi connectivity index (χ0v) is 13.0. The van der Waals surface area contributed by atoms with Crippen LogP contribution in [0.2, 0.25) is 0 Å². The fraction of sp³-hybridized carbons (Fsp3) is 0.375. The van der Waals surface area contributed by atoms with Crippen molar-refractivity contribution in [3.8, 4) is 5.75 Å². The summed E-state index contributed by atoms with van der Waals surface area (Å²) in [7, 11) is 0. The van der Waals surface area contributed by atoms with Crippen molar-refractivity contribution in [1.29, 1.82) is 0 Å². The van der Waals surface area contributed by atoms with Gasteiger partial charge in [-0.2, -0.15) is 0 Å². The van der Waals surface area contributed by atoms with E-state index in [0.717, 1.165) is 24.2 Å². The lowest BCUT2D eigenvalue weighted by atomic mass is 9.93. The summed E-state index contributed by atoms with van der Waals surface area (Å²) in [6.45, 7) is 4.21. The molecular formula is C16H18N2O2S. The Hall–Kier alpha value is -1.88. The van der Waals surface area contributed by atoms with Crippen LogP contribution >= 0.6 is 11.3 Å². The van der Waals surface area contributed by atoms with Gasteiger partial charge in [0.25, 0.3) is 0 Å². The molecule has 1 aromatic heterocycles. The number of ether oxygens (including phenoxy) is 1. The molecule has 1 N–H and O–H groups in total. The number of nitrogens with zero attached hydrogens (tertiary/aromatic N) is 1. The third-order valence-electron chi connectivity index (χ3n) is 3.55. The molecule has 0 fully saturated rings. The van der Waals surface area contributed by atoms with E-state index in [4.69, 9.17) is 4.74 Å². The maximum atomic E-state index is 12.0. The van der Waals surface area contributed by atoms with Crippen LogP contribution in [0.3, 0.4) is 0 Å². The van der Waals surface area contributed by atoms with Crippen LogP contribution in [-0.4, -0.2) is 16.5 Å². The van der Waals surface area contributed by atoms with Crippen molar-refractivity contribution < 1.29 is 9.53 Å². The largest absolute Gasteiger partial charge is 0.488 e. The molecule has 2 aromatic rings. The standard InChI is InChI=1S/C16H18N2O2S/c1-16(2)6-5-12-9-11(3-4-13(12)20-16)10-14(19)18-15-17-7-8-21-15/h3-4,7-9H,5-6,10H2,1-2H3,(H,17,18,19). The van der Waals surface area contributed by atoms with Gasteiger partial charge in [0.05, 0.1) is 6.42 Å². The molecule has 0 bridgehead atoms. The first kappa shape index (κ1) is 14.1. The van der Waals surface area contributed by atoms with Crippen LogP contribution in [0, 0.1) is 0 Å². The Bertz CT molecular complexity index is 650. The Kier molecular flexibility index (Phi) is 3.68. The van der Waals surface area contributed by atoms with Crippen LogP contribution in [0.4, 0.5) is 5.13 Å². The van der Waals surface area contributed by atoms with E-state index in [1.807, 2.05) is 17.5 Å². The number of nitrogens with one attached hydrogen (secondary N) is 1. The number of anilines is 1. The molecule has 0 radical (unpaired) electrons. The van der Waals surface area contributed by atoms with Crippen molar-refractivity contribution in [3.63, 3.8) is 0 Å². The van der Waals surface area contributed by atoms with Crippen LogP contribution in [-0.2, 0) is 17.6 Å². The van der Waals surface area contributed by atoms with Crippen LogP contribution < -0.4 is 10.1 Å². The molecule has 0 saturated heterocycles. The lowest BCUT2D eigenvalue weighted by Crippen LogP contribution is -2.32. The van der Waals surface area contributed by atoms with Gasteiger partial charge in [-0.25, -0.2) is 4.98 Å². The van der Waals surface area contributed by atoms with Crippen LogP contribution in [0.25, 0.3) is 0 Å². The third-order valence-corrected chi connectivity index (χ3v) is 4.24. The molecule has 2 heterocycles. The number of carbonyl (C=O) groups is 1. The van der Waals surface area contributed by atoms with Crippen molar-refractivity contribution in [2.24, 2.45) is 0 Å². The molecule has 0 saturated carbocycles. The maximum Gasteiger partial charge on any atom is 0.230 e. The number of thiazole rings is 1. The van der Waals surface area contributed by atoms with E-state index >= 15 is 0 Å². The average molecular weight is 302 g/mol. The van der Waals surface area contributed by atoms with Gasteiger partial charge in [0.1, 0.15) is 11.4 Å². The maximum absolute atomic E-state index is 12.0. The topological polar surface area (TPSA) is 51.2 Å². The summed E-state index contributed by atoms with van der Waals surface area (Å²) in [4.78, 5) is 16.0. The number of fused-ring (bicyclic) bond motifs is 1. The summed E-state index contributed by atoms with van der Waals surface area (Å²) in [5, 5.41) is 5.28. The highest BCUT2D eigenvalue weighted by molar-refractivity contribution is 7.13. The molecule has 0 aliphatic carbocycles. The summed E-state index contributed by atoms with van der Waals surface area (Å²) >= 11 is 1.42. The number of benzene rings is 1. The summed E-state index contributed by atoms with van der Waals surface area (Å²) in [6, 6.07) is 6.01. The molecule has 0 unspecified atom stereocenters. The molecule has 0 spiro atoms. The number of aryl methyl sites for hydroxylation is 1. The minimum Gasteiger partial charge on any atom is -0.488 e. The van der Waals surface area contributed by atoms with Crippen molar-refractivity contribution in [2.75, 3.05) is 5.32 Å². The molecule has 1 aliphatic rings. The SMILES string of the molecule is CC1(C)CCc2cc(CC(=O)Nc3nccs3)ccc2O1. The summed E-state index contributed by atoms with van der Waals surface area (Å²) in [5.41, 5.74) is 2.09. The van der Waals surface area contributed by atoms with E-state index in [1.165, 1.54) is 16.9 Å². The normalized spacial score (nSPS) is 15.9. The monoisotopic (exact) mass is 302 g/mol. The first-order valence-corrected chi connectivity index (χ1v) is 7.90. The molecule has 1 aromatic carbocycles. The summed E-state index contributed by atoms with van der Waals surface area (Å²) in [6.07, 6.45) is 4.02. The van der Waals surface area contributed by atoms with Crippen molar-refractivity contribution >= 4 is 22.4 Å². The molecular weight excluding hydrogens is 284 g/mol. The number of rotatable bonds is 3. The van der Waals surface area contributed by atoms with Crippen LogP contribution in [0.15, 0.2) is 29.8 Å². The second-order valence-electron chi connectivity index (χ2n) is 5.87. The third kappa shape index (κ3) is 3.42. The van der Waals surface area contributed by atoms with Crippen molar-refractivity contribution in [3.05, 3.63) is 40.9 Å². The highest BCUT2D eigenvalue weighted by Gasteiger charge is 2.26. The van der Waals surface area contributed by atoms with Gasteiger partial charge in [0, 0.05) is 11.6 Å². The number of hydrogen-bond donors (Lipinski definition) is 1. The fourth-order valence-electron chi connectivity index (χ4n) is 2.46. The molecule has 110 valence electrons. The molecule has 21 heavy (non-hydrogen) atoms. The average Bonchev–Trinajstić information content (AvgIpc) is 2.91. The molecule has 5 heteroatoms. The quantitative estimate of drug-likeness (QED) is 0.945. The minimum atomic E-state index is -0.100. The molecule has 1 amide bonds. The van der Waals surface area contributed by atoms with E-state index in [-0.39, 0.29) is 11.5 Å². The number of amides is 1.